The minimum absolute atomic E-state index is 0.0735. The van der Waals surface area contributed by atoms with Gasteiger partial charge in [0.15, 0.2) is 0 Å². The number of likely N-dealkylation sites (tertiary alicyclic amines) is 1. The maximum Gasteiger partial charge on any atom is 0.253 e. The number of aryl methyl sites for hydroxylation is 2. The lowest BCUT2D eigenvalue weighted by molar-refractivity contribution is -0.126. The average molecular weight is 300 g/mol. The first-order valence-electron chi connectivity index (χ1n) is 8.21. The highest BCUT2D eigenvalue weighted by Crippen LogP contribution is 2.23. The van der Waals surface area contributed by atoms with Crippen molar-refractivity contribution in [2.24, 2.45) is 5.92 Å². The van der Waals surface area contributed by atoms with Crippen LogP contribution in [0.3, 0.4) is 0 Å². The van der Waals surface area contributed by atoms with Gasteiger partial charge in [0.05, 0.1) is 0 Å². The van der Waals surface area contributed by atoms with E-state index in [4.69, 9.17) is 0 Å². The number of nitrogens with one attached hydrogen (secondary N) is 1. The molecule has 1 aromatic rings. The second kappa shape index (κ2) is 6.11. The molecule has 1 saturated heterocycles. The quantitative estimate of drug-likeness (QED) is 0.932. The molecule has 0 atom stereocenters. The van der Waals surface area contributed by atoms with Crippen LogP contribution in [-0.2, 0) is 4.79 Å². The summed E-state index contributed by atoms with van der Waals surface area (Å²) in [6.07, 6.45) is 3.79. The number of carbonyl (C=O) groups is 2. The fourth-order valence-corrected chi connectivity index (χ4v) is 2.95. The number of hydrogen-bond acceptors (Lipinski definition) is 2. The van der Waals surface area contributed by atoms with E-state index in [0.29, 0.717) is 19.1 Å². The van der Waals surface area contributed by atoms with Gasteiger partial charge in [0.2, 0.25) is 5.91 Å². The summed E-state index contributed by atoms with van der Waals surface area (Å²) < 4.78 is 0. The van der Waals surface area contributed by atoms with Crippen molar-refractivity contribution < 1.29 is 9.59 Å². The summed E-state index contributed by atoms with van der Waals surface area (Å²) in [5.74, 6) is 0.342. The molecule has 0 spiro atoms. The molecule has 1 aromatic carbocycles. The molecule has 22 heavy (non-hydrogen) atoms. The van der Waals surface area contributed by atoms with E-state index in [-0.39, 0.29) is 17.7 Å². The smallest absolute Gasteiger partial charge is 0.253 e. The van der Waals surface area contributed by atoms with Gasteiger partial charge in [-0.25, -0.2) is 0 Å². The van der Waals surface area contributed by atoms with Gasteiger partial charge in [-0.15, -0.1) is 0 Å². The molecule has 118 valence electrons. The highest BCUT2D eigenvalue weighted by Gasteiger charge is 2.31. The Morgan fingerprint density at radius 1 is 1.05 bits per heavy atom. The maximum atomic E-state index is 12.6. The van der Waals surface area contributed by atoms with Crippen LogP contribution in [0.1, 0.15) is 47.2 Å². The maximum absolute atomic E-state index is 12.6. The average Bonchev–Trinajstić information content (AvgIpc) is 3.33. The van der Waals surface area contributed by atoms with Crippen molar-refractivity contribution in [1.82, 2.24) is 10.2 Å². The number of nitrogens with zero attached hydrogens (tertiary/aromatic N) is 1. The van der Waals surface area contributed by atoms with Crippen molar-refractivity contribution in [1.29, 1.82) is 0 Å². The van der Waals surface area contributed by atoms with Crippen molar-refractivity contribution in [2.45, 2.75) is 45.6 Å². The highest BCUT2D eigenvalue weighted by molar-refractivity contribution is 5.94. The second-order valence-corrected chi connectivity index (χ2v) is 6.65. The molecular weight excluding hydrogens is 276 g/mol. The number of piperidine rings is 1. The van der Waals surface area contributed by atoms with Gasteiger partial charge >= 0.3 is 0 Å². The van der Waals surface area contributed by atoms with Gasteiger partial charge in [0.1, 0.15) is 0 Å². The molecule has 2 fully saturated rings. The third kappa shape index (κ3) is 3.32. The van der Waals surface area contributed by atoms with Gasteiger partial charge < -0.3 is 10.2 Å². The first-order chi connectivity index (χ1) is 10.5. The van der Waals surface area contributed by atoms with Crippen LogP contribution in [0.5, 0.6) is 0 Å². The fourth-order valence-electron chi connectivity index (χ4n) is 2.95. The molecule has 1 heterocycles. The summed E-state index contributed by atoms with van der Waals surface area (Å²) in [5.41, 5.74) is 3.10. The predicted octanol–water partition coefficient (Wildman–Crippen LogP) is 2.43. The summed E-state index contributed by atoms with van der Waals surface area (Å²) in [5, 5.41) is 3.07. The van der Waals surface area contributed by atoms with E-state index >= 15 is 0 Å². The normalized spacial score (nSPS) is 19.1. The van der Waals surface area contributed by atoms with Crippen molar-refractivity contribution in [3.63, 3.8) is 0 Å². The summed E-state index contributed by atoms with van der Waals surface area (Å²) >= 11 is 0. The molecule has 0 aromatic heterocycles. The molecule has 4 heteroatoms. The lowest BCUT2D eigenvalue weighted by Gasteiger charge is -2.31. The summed E-state index contributed by atoms with van der Waals surface area (Å²) in [7, 11) is 0. The Balaban J connectivity index is 1.56. The van der Waals surface area contributed by atoms with E-state index < -0.39 is 0 Å². The van der Waals surface area contributed by atoms with Crippen LogP contribution in [0.2, 0.25) is 0 Å². The van der Waals surface area contributed by atoms with Crippen LogP contribution in [0.25, 0.3) is 0 Å². The molecule has 1 aliphatic heterocycles. The Morgan fingerprint density at radius 2 is 1.73 bits per heavy atom. The first-order valence-corrected chi connectivity index (χ1v) is 8.21. The van der Waals surface area contributed by atoms with E-state index in [1.807, 2.05) is 36.9 Å². The molecule has 1 aliphatic carbocycles. The lowest BCUT2D eigenvalue weighted by Crippen LogP contribution is -2.43. The summed E-state index contributed by atoms with van der Waals surface area (Å²) in [6, 6.07) is 6.28. The molecule has 4 nitrogen and oxygen atoms in total. The van der Waals surface area contributed by atoms with Gasteiger partial charge in [0, 0.05) is 30.6 Å². The van der Waals surface area contributed by atoms with Gasteiger partial charge in [-0.3, -0.25) is 9.59 Å². The van der Waals surface area contributed by atoms with Crippen LogP contribution < -0.4 is 5.32 Å². The molecule has 1 N–H and O–H groups in total. The van der Waals surface area contributed by atoms with Crippen LogP contribution >= 0.6 is 0 Å². The third-order valence-electron chi connectivity index (χ3n) is 4.83. The molecule has 0 bridgehead atoms. The Bertz CT molecular complexity index is 585. The molecule has 0 unspecified atom stereocenters. The van der Waals surface area contributed by atoms with E-state index in [0.717, 1.165) is 36.8 Å². The van der Waals surface area contributed by atoms with E-state index in [2.05, 4.69) is 5.32 Å². The molecule has 0 radical (unpaired) electrons. The van der Waals surface area contributed by atoms with Crippen LogP contribution in [0.15, 0.2) is 18.2 Å². The molecule has 3 rings (SSSR count). The van der Waals surface area contributed by atoms with E-state index in [1.54, 1.807) is 0 Å². The number of amides is 2. The van der Waals surface area contributed by atoms with Crippen LogP contribution in [0, 0.1) is 19.8 Å². The molecular formula is C18H24N2O2. The third-order valence-corrected chi connectivity index (χ3v) is 4.83. The van der Waals surface area contributed by atoms with E-state index in [9.17, 15) is 9.59 Å². The van der Waals surface area contributed by atoms with Crippen LogP contribution in [-0.4, -0.2) is 35.8 Å². The fraction of sp³-hybridized carbons (Fsp3) is 0.556. The van der Waals surface area contributed by atoms with Crippen molar-refractivity contribution in [3.05, 3.63) is 34.9 Å². The lowest BCUT2D eigenvalue weighted by atomic mass is 9.95. The zero-order valence-corrected chi connectivity index (χ0v) is 13.4. The topological polar surface area (TPSA) is 49.4 Å². The Hall–Kier alpha value is -1.84. The zero-order valence-electron chi connectivity index (χ0n) is 13.4. The Kier molecular flexibility index (Phi) is 4.19. The largest absolute Gasteiger partial charge is 0.353 e. The van der Waals surface area contributed by atoms with Crippen LogP contribution in [0.4, 0.5) is 0 Å². The second-order valence-electron chi connectivity index (χ2n) is 6.65. The summed E-state index contributed by atoms with van der Waals surface area (Å²) in [4.78, 5) is 26.5. The summed E-state index contributed by atoms with van der Waals surface area (Å²) in [6.45, 7) is 5.43. The predicted molar refractivity (Wildman–Crippen MR) is 85.7 cm³/mol. The standard InChI is InChI=1S/C18H24N2O2/c1-12-3-4-15(11-13(12)2)18(22)20-9-7-14(8-10-20)17(21)19-16-5-6-16/h3-4,11,14,16H,5-10H2,1-2H3,(H,19,21). The zero-order chi connectivity index (χ0) is 15.7. The number of hydrogen-bond donors (Lipinski definition) is 1. The molecule has 1 saturated carbocycles. The Labute approximate surface area is 131 Å². The highest BCUT2D eigenvalue weighted by atomic mass is 16.2. The first kappa shape index (κ1) is 15.1. The number of carbonyl (C=O) groups excluding carboxylic acids is 2. The molecule has 2 aliphatic rings. The minimum atomic E-state index is 0.0735. The van der Waals surface area contributed by atoms with Gasteiger partial charge in [-0.2, -0.15) is 0 Å². The Morgan fingerprint density at radius 3 is 2.32 bits per heavy atom. The molecule has 2 amide bonds. The van der Waals surface area contributed by atoms with Gasteiger partial charge in [0.25, 0.3) is 5.91 Å². The SMILES string of the molecule is Cc1ccc(C(=O)N2CCC(C(=O)NC3CC3)CC2)cc1C. The van der Waals surface area contributed by atoms with Crippen molar-refractivity contribution >= 4 is 11.8 Å². The van der Waals surface area contributed by atoms with Crippen molar-refractivity contribution in [2.75, 3.05) is 13.1 Å². The minimum Gasteiger partial charge on any atom is -0.353 e. The van der Waals surface area contributed by atoms with E-state index in [1.165, 1.54) is 5.56 Å². The number of rotatable bonds is 3. The van der Waals surface area contributed by atoms with Gasteiger partial charge in [-0.1, -0.05) is 6.07 Å². The van der Waals surface area contributed by atoms with Gasteiger partial charge in [-0.05, 0) is 62.8 Å². The number of benzene rings is 1. The van der Waals surface area contributed by atoms with Crippen molar-refractivity contribution in [3.8, 4) is 0 Å². The monoisotopic (exact) mass is 300 g/mol.